The Balaban J connectivity index is 2.31. The maximum absolute atomic E-state index is 11.3. The fourth-order valence-corrected chi connectivity index (χ4v) is 2.48. The van der Waals surface area contributed by atoms with Gasteiger partial charge in [-0.05, 0) is 32.1 Å². The Morgan fingerprint density at radius 3 is 2.63 bits per heavy atom. The number of piperidine rings is 1. The van der Waals surface area contributed by atoms with Crippen LogP contribution in [0.15, 0.2) is 0 Å². The molecule has 1 fully saturated rings. The van der Waals surface area contributed by atoms with Crippen LogP contribution in [0.1, 0.15) is 44.5 Å². The maximum Gasteiger partial charge on any atom is 0.326 e. The molecule has 1 aliphatic heterocycles. The van der Waals surface area contributed by atoms with Gasteiger partial charge in [0, 0.05) is 6.54 Å². The Hall–Kier alpha value is -1.72. The van der Waals surface area contributed by atoms with E-state index in [0.717, 1.165) is 37.1 Å². The van der Waals surface area contributed by atoms with Gasteiger partial charge >= 0.3 is 5.97 Å². The molecule has 1 saturated heterocycles. The first-order valence-electron chi connectivity index (χ1n) is 6.89. The fraction of sp³-hybridized carbons (Fsp3) is 0.692. The highest BCUT2D eigenvalue weighted by Crippen LogP contribution is 2.22. The standard InChI is InChI=1S/C13H20N4O2/c1-3-9-10(4-2)15-16-13(14-9)17-8-6-5-7-11(17)12(18)19/h11H,3-8H2,1-2H3,(H,18,19). The lowest BCUT2D eigenvalue weighted by Gasteiger charge is -2.32. The number of carboxylic acids is 1. The summed E-state index contributed by atoms with van der Waals surface area (Å²) in [6.07, 6.45) is 4.15. The second kappa shape index (κ2) is 5.95. The van der Waals surface area contributed by atoms with Crippen molar-refractivity contribution >= 4 is 11.9 Å². The largest absolute Gasteiger partial charge is 0.480 e. The smallest absolute Gasteiger partial charge is 0.326 e. The number of carbonyl (C=O) groups is 1. The van der Waals surface area contributed by atoms with Crippen LogP contribution in [0.2, 0.25) is 0 Å². The molecular formula is C13H20N4O2. The zero-order valence-corrected chi connectivity index (χ0v) is 11.5. The zero-order valence-electron chi connectivity index (χ0n) is 11.5. The van der Waals surface area contributed by atoms with Gasteiger partial charge in [0.15, 0.2) is 0 Å². The molecule has 1 N–H and O–H groups in total. The second-order valence-corrected chi connectivity index (χ2v) is 4.76. The number of hydrogen-bond donors (Lipinski definition) is 1. The van der Waals surface area contributed by atoms with Crippen LogP contribution >= 0.6 is 0 Å². The maximum atomic E-state index is 11.3. The van der Waals surface area contributed by atoms with E-state index in [1.165, 1.54) is 0 Å². The summed E-state index contributed by atoms with van der Waals surface area (Å²) in [5.74, 6) is -0.345. The van der Waals surface area contributed by atoms with Gasteiger partial charge < -0.3 is 10.0 Å². The van der Waals surface area contributed by atoms with Crippen LogP contribution in [0.4, 0.5) is 5.95 Å². The van der Waals surface area contributed by atoms with Crippen LogP contribution in [-0.2, 0) is 17.6 Å². The van der Waals surface area contributed by atoms with Gasteiger partial charge in [-0.1, -0.05) is 13.8 Å². The number of rotatable bonds is 4. The molecule has 0 bridgehead atoms. The topological polar surface area (TPSA) is 79.2 Å². The van der Waals surface area contributed by atoms with Gasteiger partial charge in [-0.25, -0.2) is 9.78 Å². The highest BCUT2D eigenvalue weighted by Gasteiger charge is 2.30. The molecule has 1 unspecified atom stereocenters. The molecule has 19 heavy (non-hydrogen) atoms. The molecule has 2 rings (SSSR count). The molecule has 104 valence electrons. The second-order valence-electron chi connectivity index (χ2n) is 4.76. The van der Waals surface area contributed by atoms with E-state index in [-0.39, 0.29) is 0 Å². The molecule has 6 heteroatoms. The summed E-state index contributed by atoms with van der Waals surface area (Å²) in [6, 6.07) is -0.521. The third-order valence-electron chi connectivity index (χ3n) is 3.54. The van der Waals surface area contributed by atoms with Gasteiger partial charge in [-0.2, -0.15) is 5.10 Å². The summed E-state index contributed by atoms with van der Waals surface area (Å²) >= 11 is 0. The number of hydrogen-bond acceptors (Lipinski definition) is 5. The van der Waals surface area contributed by atoms with E-state index < -0.39 is 12.0 Å². The molecular weight excluding hydrogens is 244 g/mol. The van der Waals surface area contributed by atoms with Crippen molar-refractivity contribution in [2.24, 2.45) is 0 Å². The SMILES string of the molecule is CCc1nnc(N2CCCCC2C(=O)O)nc1CC. The van der Waals surface area contributed by atoms with Crippen molar-refractivity contribution in [3.63, 3.8) is 0 Å². The van der Waals surface area contributed by atoms with Gasteiger partial charge in [-0.3, -0.25) is 0 Å². The quantitative estimate of drug-likeness (QED) is 0.886. The van der Waals surface area contributed by atoms with Crippen molar-refractivity contribution in [1.82, 2.24) is 15.2 Å². The summed E-state index contributed by atoms with van der Waals surface area (Å²) in [5, 5.41) is 17.6. The van der Waals surface area contributed by atoms with Crippen molar-refractivity contribution < 1.29 is 9.90 Å². The normalized spacial score (nSPS) is 19.5. The number of nitrogens with zero attached hydrogens (tertiary/aromatic N) is 4. The lowest BCUT2D eigenvalue weighted by Crippen LogP contribution is -2.45. The van der Waals surface area contributed by atoms with Gasteiger partial charge in [0.25, 0.3) is 0 Å². The van der Waals surface area contributed by atoms with Gasteiger partial charge in [-0.15, -0.1) is 5.10 Å². The number of aliphatic carboxylic acids is 1. The minimum atomic E-state index is -0.805. The molecule has 0 spiro atoms. The summed E-state index contributed by atoms with van der Waals surface area (Å²) < 4.78 is 0. The third kappa shape index (κ3) is 2.83. The fourth-order valence-electron chi connectivity index (χ4n) is 2.48. The summed E-state index contributed by atoms with van der Waals surface area (Å²) in [7, 11) is 0. The van der Waals surface area contributed by atoms with E-state index >= 15 is 0 Å². The van der Waals surface area contributed by atoms with Crippen molar-refractivity contribution in [2.75, 3.05) is 11.4 Å². The first kappa shape index (κ1) is 13.7. The highest BCUT2D eigenvalue weighted by atomic mass is 16.4. The summed E-state index contributed by atoms with van der Waals surface area (Å²) in [6.45, 7) is 4.73. The molecule has 0 aliphatic carbocycles. The third-order valence-corrected chi connectivity index (χ3v) is 3.54. The number of aryl methyl sites for hydroxylation is 2. The van der Waals surface area contributed by atoms with Crippen molar-refractivity contribution in [3.8, 4) is 0 Å². The monoisotopic (exact) mass is 264 g/mol. The average molecular weight is 264 g/mol. The van der Waals surface area contributed by atoms with Crippen LogP contribution in [0.5, 0.6) is 0 Å². The molecule has 1 aliphatic rings. The van der Waals surface area contributed by atoms with Crippen LogP contribution in [0, 0.1) is 0 Å². The van der Waals surface area contributed by atoms with Crippen LogP contribution < -0.4 is 4.90 Å². The van der Waals surface area contributed by atoms with Crippen molar-refractivity contribution in [1.29, 1.82) is 0 Å². The number of anilines is 1. The average Bonchev–Trinajstić information content (AvgIpc) is 2.46. The molecule has 0 radical (unpaired) electrons. The predicted octanol–water partition coefficient (Wildman–Crippen LogP) is 1.44. The Morgan fingerprint density at radius 2 is 2.00 bits per heavy atom. The van der Waals surface area contributed by atoms with E-state index in [0.29, 0.717) is 18.9 Å². The zero-order chi connectivity index (χ0) is 13.8. The van der Waals surface area contributed by atoms with Crippen molar-refractivity contribution in [3.05, 3.63) is 11.4 Å². The Labute approximate surface area is 112 Å². The van der Waals surface area contributed by atoms with E-state index in [1.54, 1.807) is 4.90 Å². The lowest BCUT2D eigenvalue weighted by atomic mass is 10.0. The Bertz CT molecular complexity index is 464. The van der Waals surface area contributed by atoms with Crippen LogP contribution in [0.3, 0.4) is 0 Å². The molecule has 0 aromatic carbocycles. The van der Waals surface area contributed by atoms with E-state index in [4.69, 9.17) is 0 Å². The minimum absolute atomic E-state index is 0.459. The molecule has 2 heterocycles. The first-order chi connectivity index (χ1) is 9.17. The van der Waals surface area contributed by atoms with E-state index in [2.05, 4.69) is 15.2 Å². The molecule has 1 aromatic rings. The molecule has 0 amide bonds. The van der Waals surface area contributed by atoms with Crippen LogP contribution in [0.25, 0.3) is 0 Å². The van der Waals surface area contributed by atoms with E-state index in [1.807, 2.05) is 13.8 Å². The predicted molar refractivity (Wildman–Crippen MR) is 71.2 cm³/mol. The Morgan fingerprint density at radius 1 is 1.26 bits per heavy atom. The first-order valence-corrected chi connectivity index (χ1v) is 6.89. The van der Waals surface area contributed by atoms with Gasteiger partial charge in [0.05, 0.1) is 11.4 Å². The molecule has 0 saturated carbocycles. The van der Waals surface area contributed by atoms with Gasteiger partial charge in [0.1, 0.15) is 6.04 Å². The Kier molecular flexibility index (Phi) is 4.29. The number of carboxylic acid groups (broad SMARTS) is 1. The highest BCUT2D eigenvalue weighted by molar-refractivity contribution is 5.77. The molecule has 1 aromatic heterocycles. The molecule has 6 nitrogen and oxygen atoms in total. The van der Waals surface area contributed by atoms with Gasteiger partial charge in [0.2, 0.25) is 5.95 Å². The van der Waals surface area contributed by atoms with E-state index in [9.17, 15) is 9.90 Å². The number of aromatic nitrogens is 3. The summed E-state index contributed by atoms with van der Waals surface area (Å²) in [4.78, 5) is 17.6. The molecule has 1 atom stereocenters. The van der Waals surface area contributed by atoms with Crippen LogP contribution in [-0.4, -0.2) is 38.8 Å². The minimum Gasteiger partial charge on any atom is -0.480 e. The summed E-state index contributed by atoms with van der Waals surface area (Å²) in [5.41, 5.74) is 1.82. The van der Waals surface area contributed by atoms with Crippen molar-refractivity contribution in [2.45, 2.75) is 52.0 Å². The lowest BCUT2D eigenvalue weighted by molar-refractivity contribution is -0.139.